The van der Waals surface area contributed by atoms with E-state index in [1.807, 2.05) is 6.07 Å². The molecule has 0 unspecified atom stereocenters. The highest BCUT2D eigenvalue weighted by Crippen LogP contribution is 2.37. The van der Waals surface area contributed by atoms with Gasteiger partial charge in [-0.15, -0.1) is 0 Å². The number of carbonyl (C=O) groups excluding carboxylic acids is 1. The van der Waals surface area contributed by atoms with E-state index in [2.05, 4.69) is 39.8 Å². The van der Waals surface area contributed by atoms with Gasteiger partial charge in [-0.2, -0.15) is 0 Å². The molecule has 2 aliphatic rings. The van der Waals surface area contributed by atoms with Crippen LogP contribution in [0.15, 0.2) is 36.4 Å². The number of fused-ring (bicyclic) bond motifs is 1. The first kappa shape index (κ1) is 18.5. The minimum Gasteiger partial charge on any atom is -0.493 e. The lowest BCUT2D eigenvalue weighted by Gasteiger charge is -2.29. The summed E-state index contributed by atoms with van der Waals surface area (Å²) in [4.78, 5) is 15.1. The van der Waals surface area contributed by atoms with Crippen molar-refractivity contribution in [2.45, 2.75) is 31.8 Å². The molecule has 6 heteroatoms. The summed E-state index contributed by atoms with van der Waals surface area (Å²) in [5.74, 6) is 1.01. The van der Waals surface area contributed by atoms with Crippen LogP contribution in [0.3, 0.4) is 0 Å². The first-order valence-corrected chi connectivity index (χ1v) is 9.88. The van der Waals surface area contributed by atoms with Gasteiger partial charge in [0, 0.05) is 24.8 Å². The van der Waals surface area contributed by atoms with Crippen LogP contribution in [0.2, 0.25) is 0 Å². The van der Waals surface area contributed by atoms with Gasteiger partial charge in [-0.25, -0.2) is 0 Å². The van der Waals surface area contributed by atoms with Crippen molar-refractivity contribution < 1.29 is 14.3 Å². The first-order valence-electron chi connectivity index (χ1n) is 9.88. The molecule has 2 aliphatic heterocycles. The normalized spacial score (nSPS) is 19.1. The summed E-state index contributed by atoms with van der Waals surface area (Å²) in [6.45, 7) is 2.24. The zero-order valence-electron chi connectivity index (χ0n) is 16.5. The predicted molar refractivity (Wildman–Crippen MR) is 110 cm³/mol. The Morgan fingerprint density at radius 3 is 2.18 bits per heavy atom. The molecule has 1 amide bonds. The van der Waals surface area contributed by atoms with Crippen LogP contribution >= 0.6 is 0 Å². The minimum atomic E-state index is -0.281. The number of nitrogens with one attached hydrogen (secondary N) is 2. The van der Waals surface area contributed by atoms with Crippen LogP contribution in [0.5, 0.6) is 11.5 Å². The molecule has 0 aliphatic carbocycles. The molecule has 2 heterocycles. The lowest BCUT2D eigenvalue weighted by atomic mass is 10.0. The van der Waals surface area contributed by atoms with E-state index in [0.29, 0.717) is 17.1 Å². The maximum atomic E-state index is 12.6. The Kier molecular flexibility index (Phi) is 5.28. The van der Waals surface area contributed by atoms with Gasteiger partial charge in [0.2, 0.25) is 0 Å². The van der Waals surface area contributed by atoms with Gasteiger partial charge in [-0.3, -0.25) is 4.79 Å². The second-order valence-corrected chi connectivity index (χ2v) is 7.30. The van der Waals surface area contributed by atoms with E-state index < -0.39 is 0 Å². The van der Waals surface area contributed by atoms with Gasteiger partial charge in [-0.1, -0.05) is 25.0 Å². The number of carbonyl (C=O) groups is 1. The van der Waals surface area contributed by atoms with Gasteiger partial charge in [0.05, 0.1) is 25.5 Å². The fraction of sp³-hybridized carbons (Fsp3) is 0.409. The van der Waals surface area contributed by atoms with Crippen LogP contribution in [0.4, 0.5) is 11.4 Å². The summed E-state index contributed by atoms with van der Waals surface area (Å²) in [7, 11) is 3.15. The van der Waals surface area contributed by atoms with Crippen LogP contribution in [-0.2, 0) is 0 Å². The molecule has 0 radical (unpaired) electrons. The molecule has 148 valence electrons. The summed E-state index contributed by atoms with van der Waals surface area (Å²) in [6, 6.07) is 12.0. The highest BCUT2D eigenvalue weighted by atomic mass is 16.5. The van der Waals surface area contributed by atoms with Crippen molar-refractivity contribution in [3.63, 3.8) is 0 Å². The SMILES string of the molecule is COc1cc2c(cc1OC)C(=O)N[C@H](c1ccc(N3CCCCCC3)cc1)N2. The van der Waals surface area contributed by atoms with E-state index in [1.165, 1.54) is 31.4 Å². The largest absolute Gasteiger partial charge is 0.493 e. The molecule has 28 heavy (non-hydrogen) atoms. The molecule has 6 nitrogen and oxygen atoms in total. The zero-order chi connectivity index (χ0) is 19.5. The fourth-order valence-corrected chi connectivity index (χ4v) is 3.96. The lowest BCUT2D eigenvalue weighted by Crippen LogP contribution is -2.38. The van der Waals surface area contributed by atoms with E-state index in [1.54, 1.807) is 20.3 Å². The van der Waals surface area contributed by atoms with Crippen molar-refractivity contribution in [3.05, 3.63) is 47.5 Å². The van der Waals surface area contributed by atoms with Crippen molar-refractivity contribution in [2.24, 2.45) is 0 Å². The number of rotatable bonds is 4. The number of nitrogens with zero attached hydrogens (tertiary/aromatic N) is 1. The highest BCUT2D eigenvalue weighted by Gasteiger charge is 2.27. The van der Waals surface area contributed by atoms with Gasteiger partial charge in [0.25, 0.3) is 5.91 Å². The van der Waals surface area contributed by atoms with Gasteiger partial charge in [0.1, 0.15) is 6.17 Å². The molecular weight excluding hydrogens is 354 g/mol. The Balaban J connectivity index is 1.55. The van der Waals surface area contributed by atoms with Gasteiger partial charge in [-0.05, 0) is 36.6 Å². The van der Waals surface area contributed by atoms with E-state index in [-0.39, 0.29) is 12.1 Å². The summed E-state index contributed by atoms with van der Waals surface area (Å²) >= 11 is 0. The second-order valence-electron chi connectivity index (χ2n) is 7.30. The Bertz CT molecular complexity index is 843. The third kappa shape index (κ3) is 3.59. The summed E-state index contributed by atoms with van der Waals surface area (Å²) < 4.78 is 10.7. The van der Waals surface area contributed by atoms with Crippen molar-refractivity contribution >= 4 is 17.3 Å². The molecule has 0 saturated carbocycles. The summed E-state index contributed by atoms with van der Waals surface area (Å²) in [5.41, 5.74) is 3.56. The van der Waals surface area contributed by atoms with Crippen molar-refractivity contribution in [1.82, 2.24) is 5.32 Å². The number of benzene rings is 2. The van der Waals surface area contributed by atoms with Crippen LogP contribution in [0, 0.1) is 0 Å². The first-order chi connectivity index (χ1) is 13.7. The Labute approximate surface area is 165 Å². The minimum absolute atomic E-state index is 0.128. The molecule has 2 aromatic carbocycles. The Morgan fingerprint density at radius 2 is 1.54 bits per heavy atom. The maximum Gasteiger partial charge on any atom is 0.255 e. The summed E-state index contributed by atoms with van der Waals surface area (Å²) in [6.07, 6.45) is 4.87. The van der Waals surface area contributed by atoms with Crippen LogP contribution < -0.4 is 25.0 Å². The molecule has 0 spiro atoms. The van der Waals surface area contributed by atoms with Gasteiger partial charge in [0.15, 0.2) is 11.5 Å². The van der Waals surface area contributed by atoms with Crippen LogP contribution in [-0.4, -0.2) is 33.2 Å². The molecular formula is C22H27N3O3. The molecule has 0 bridgehead atoms. The molecule has 0 aromatic heterocycles. The molecule has 1 fully saturated rings. The smallest absolute Gasteiger partial charge is 0.255 e. The topological polar surface area (TPSA) is 62.8 Å². The predicted octanol–water partition coefficient (Wildman–Crippen LogP) is 3.94. The monoisotopic (exact) mass is 381 g/mol. The Morgan fingerprint density at radius 1 is 0.893 bits per heavy atom. The molecule has 1 saturated heterocycles. The van der Waals surface area contributed by atoms with Gasteiger partial charge < -0.3 is 25.0 Å². The number of anilines is 2. The third-order valence-electron chi connectivity index (χ3n) is 5.54. The lowest BCUT2D eigenvalue weighted by molar-refractivity contribution is 0.0935. The quantitative estimate of drug-likeness (QED) is 0.840. The molecule has 2 N–H and O–H groups in total. The number of hydrogen-bond donors (Lipinski definition) is 2. The van der Waals surface area contributed by atoms with E-state index >= 15 is 0 Å². The second kappa shape index (κ2) is 8.00. The van der Waals surface area contributed by atoms with Crippen molar-refractivity contribution in [3.8, 4) is 11.5 Å². The summed E-state index contributed by atoms with van der Waals surface area (Å²) in [5, 5.41) is 6.42. The van der Waals surface area contributed by atoms with E-state index in [0.717, 1.165) is 24.3 Å². The Hall–Kier alpha value is -2.89. The number of methoxy groups -OCH3 is 2. The fourth-order valence-electron chi connectivity index (χ4n) is 3.96. The average Bonchev–Trinajstić information content (AvgIpc) is 3.02. The maximum absolute atomic E-state index is 12.6. The zero-order valence-corrected chi connectivity index (χ0v) is 16.5. The average molecular weight is 381 g/mol. The highest BCUT2D eigenvalue weighted by molar-refractivity contribution is 6.02. The number of hydrogen-bond acceptors (Lipinski definition) is 5. The number of ether oxygens (including phenoxy) is 2. The number of amides is 1. The van der Waals surface area contributed by atoms with Crippen LogP contribution in [0.25, 0.3) is 0 Å². The standard InChI is InChI=1S/C22H27N3O3/c1-27-19-13-17-18(14-20(19)28-2)23-21(24-22(17)26)15-7-9-16(10-8-15)25-11-5-3-4-6-12-25/h7-10,13-14,21,23H,3-6,11-12H2,1-2H3,(H,24,26)/t21-/m1/s1. The van der Waals surface area contributed by atoms with E-state index in [9.17, 15) is 4.79 Å². The van der Waals surface area contributed by atoms with Gasteiger partial charge >= 0.3 is 0 Å². The third-order valence-corrected chi connectivity index (χ3v) is 5.54. The molecule has 1 atom stereocenters. The van der Waals surface area contributed by atoms with Crippen LogP contribution in [0.1, 0.15) is 47.8 Å². The van der Waals surface area contributed by atoms with Crippen molar-refractivity contribution in [1.29, 1.82) is 0 Å². The molecule has 2 aromatic rings. The molecule has 4 rings (SSSR count). The van der Waals surface area contributed by atoms with Crippen molar-refractivity contribution in [2.75, 3.05) is 37.5 Å². The van der Waals surface area contributed by atoms with E-state index in [4.69, 9.17) is 9.47 Å².